The molecule has 16 heavy (non-hydrogen) atoms. The van der Waals surface area contributed by atoms with Gasteiger partial charge in [-0.05, 0) is 51.5 Å². The van der Waals surface area contributed by atoms with Crippen molar-refractivity contribution in [3.8, 4) is 0 Å². The van der Waals surface area contributed by atoms with Crippen molar-refractivity contribution in [3.63, 3.8) is 0 Å². The van der Waals surface area contributed by atoms with E-state index in [0.717, 1.165) is 19.6 Å². The molecule has 1 atom stereocenters. The largest absolute Gasteiger partial charge is 0.385 e. The van der Waals surface area contributed by atoms with Gasteiger partial charge >= 0.3 is 0 Å². The highest BCUT2D eigenvalue weighted by molar-refractivity contribution is 5.13. The summed E-state index contributed by atoms with van der Waals surface area (Å²) in [5, 5.41) is 3.67. The zero-order chi connectivity index (χ0) is 11.6. The van der Waals surface area contributed by atoms with Gasteiger partial charge in [0, 0.05) is 19.8 Å². The van der Waals surface area contributed by atoms with Crippen LogP contribution in [0.1, 0.15) is 51.9 Å². The molecule has 0 fully saturated rings. The highest BCUT2D eigenvalue weighted by atomic mass is 16.5. The molecule has 0 radical (unpaired) electrons. The van der Waals surface area contributed by atoms with Crippen LogP contribution in [0.15, 0.2) is 11.6 Å². The van der Waals surface area contributed by atoms with Gasteiger partial charge in [0.1, 0.15) is 0 Å². The third-order valence-electron chi connectivity index (χ3n) is 3.26. The molecule has 0 aromatic rings. The molecule has 94 valence electrons. The van der Waals surface area contributed by atoms with Crippen molar-refractivity contribution in [1.82, 2.24) is 5.32 Å². The minimum absolute atomic E-state index is 0.607. The predicted octanol–water partition coefficient (Wildman–Crippen LogP) is 3.28. The lowest BCUT2D eigenvalue weighted by molar-refractivity contribution is 0.190. The maximum absolute atomic E-state index is 5.14. The number of methoxy groups -OCH3 is 1. The van der Waals surface area contributed by atoms with Gasteiger partial charge in [0.25, 0.3) is 0 Å². The normalized spacial score (nSPS) is 18.2. The standard InChI is InChI=1S/C14H27NO/c1-3-11-15-14(10-7-12-16-2)13-8-5-4-6-9-13/h8,14-15H,3-7,9-12H2,1-2H3. The zero-order valence-electron chi connectivity index (χ0n) is 10.9. The fraction of sp³-hybridized carbons (Fsp3) is 0.857. The third-order valence-corrected chi connectivity index (χ3v) is 3.26. The zero-order valence-corrected chi connectivity index (χ0v) is 10.9. The highest BCUT2D eigenvalue weighted by Gasteiger charge is 2.14. The van der Waals surface area contributed by atoms with Crippen LogP contribution in [0.2, 0.25) is 0 Å². The molecule has 0 aromatic heterocycles. The summed E-state index contributed by atoms with van der Waals surface area (Å²) >= 11 is 0. The van der Waals surface area contributed by atoms with Crippen LogP contribution in [0.3, 0.4) is 0 Å². The number of ether oxygens (including phenoxy) is 1. The van der Waals surface area contributed by atoms with Crippen LogP contribution >= 0.6 is 0 Å². The van der Waals surface area contributed by atoms with Gasteiger partial charge in [-0.1, -0.05) is 18.6 Å². The molecule has 1 aliphatic carbocycles. The topological polar surface area (TPSA) is 21.3 Å². The lowest BCUT2D eigenvalue weighted by atomic mass is 9.91. The Hall–Kier alpha value is -0.340. The SMILES string of the molecule is CCCNC(CCCOC)C1=CCCCC1. The molecule has 0 heterocycles. The first-order valence-corrected chi connectivity index (χ1v) is 6.79. The molecule has 2 nitrogen and oxygen atoms in total. The molecular formula is C14H27NO. The van der Waals surface area contributed by atoms with Gasteiger partial charge in [0.15, 0.2) is 0 Å². The Kier molecular flexibility index (Phi) is 7.52. The van der Waals surface area contributed by atoms with Gasteiger partial charge in [-0.25, -0.2) is 0 Å². The van der Waals surface area contributed by atoms with Crippen LogP contribution < -0.4 is 5.32 Å². The average molecular weight is 225 g/mol. The van der Waals surface area contributed by atoms with Crippen molar-refractivity contribution in [2.24, 2.45) is 0 Å². The molecule has 0 saturated carbocycles. The Morgan fingerprint density at radius 2 is 2.31 bits per heavy atom. The van der Waals surface area contributed by atoms with E-state index in [1.54, 1.807) is 12.7 Å². The van der Waals surface area contributed by atoms with E-state index < -0.39 is 0 Å². The number of hydrogen-bond donors (Lipinski definition) is 1. The second-order valence-electron chi connectivity index (χ2n) is 4.67. The lowest BCUT2D eigenvalue weighted by Crippen LogP contribution is -2.32. The summed E-state index contributed by atoms with van der Waals surface area (Å²) < 4.78 is 5.14. The Morgan fingerprint density at radius 1 is 1.44 bits per heavy atom. The smallest absolute Gasteiger partial charge is 0.0462 e. The summed E-state index contributed by atoms with van der Waals surface area (Å²) in [5.74, 6) is 0. The van der Waals surface area contributed by atoms with Gasteiger partial charge in [0.2, 0.25) is 0 Å². The molecule has 1 N–H and O–H groups in total. The molecule has 0 amide bonds. The first kappa shape index (κ1) is 13.7. The molecule has 1 unspecified atom stereocenters. The van der Waals surface area contributed by atoms with Crippen molar-refractivity contribution in [2.45, 2.75) is 57.9 Å². The van der Waals surface area contributed by atoms with Crippen molar-refractivity contribution >= 4 is 0 Å². The molecule has 0 saturated heterocycles. The van der Waals surface area contributed by atoms with E-state index in [2.05, 4.69) is 18.3 Å². The van der Waals surface area contributed by atoms with E-state index in [1.165, 1.54) is 38.5 Å². The number of rotatable bonds is 8. The number of allylic oxidation sites excluding steroid dienone is 1. The molecule has 2 heteroatoms. The maximum Gasteiger partial charge on any atom is 0.0462 e. The van der Waals surface area contributed by atoms with Crippen LogP contribution in [0.25, 0.3) is 0 Å². The minimum Gasteiger partial charge on any atom is -0.385 e. The quantitative estimate of drug-likeness (QED) is 0.505. The van der Waals surface area contributed by atoms with E-state index in [9.17, 15) is 0 Å². The van der Waals surface area contributed by atoms with Crippen molar-refractivity contribution < 1.29 is 4.74 Å². The van der Waals surface area contributed by atoms with E-state index >= 15 is 0 Å². The Labute approximate surface area is 100 Å². The molecule has 1 rings (SSSR count). The number of hydrogen-bond acceptors (Lipinski definition) is 2. The van der Waals surface area contributed by atoms with Crippen LogP contribution in [0.5, 0.6) is 0 Å². The van der Waals surface area contributed by atoms with Gasteiger partial charge in [0.05, 0.1) is 0 Å². The Bertz CT molecular complexity index is 201. The summed E-state index contributed by atoms with van der Waals surface area (Å²) in [6.45, 7) is 4.25. The average Bonchev–Trinajstić information content (AvgIpc) is 2.35. The summed E-state index contributed by atoms with van der Waals surface area (Å²) in [4.78, 5) is 0. The molecule has 0 aliphatic heterocycles. The molecular weight excluding hydrogens is 198 g/mol. The van der Waals surface area contributed by atoms with E-state index in [1.807, 2.05) is 0 Å². The fourth-order valence-corrected chi connectivity index (χ4v) is 2.35. The first-order chi connectivity index (χ1) is 7.88. The van der Waals surface area contributed by atoms with E-state index in [0.29, 0.717) is 6.04 Å². The molecule has 0 spiro atoms. The Balaban J connectivity index is 2.38. The van der Waals surface area contributed by atoms with Gasteiger partial charge in [-0.15, -0.1) is 0 Å². The lowest BCUT2D eigenvalue weighted by Gasteiger charge is -2.24. The summed E-state index contributed by atoms with van der Waals surface area (Å²) in [6.07, 6.45) is 11.4. The monoisotopic (exact) mass is 225 g/mol. The third kappa shape index (κ3) is 5.13. The maximum atomic E-state index is 5.14. The summed E-state index contributed by atoms with van der Waals surface area (Å²) in [6, 6.07) is 0.607. The Morgan fingerprint density at radius 3 is 2.94 bits per heavy atom. The van der Waals surface area contributed by atoms with Crippen LogP contribution in [0, 0.1) is 0 Å². The van der Waals surface area contributed by atoms with Crippen molar-refractivity contribution in [2.75, 3.05) is 20.3 Å². The first-order valence-electron chi connectivity index (χ1n) is 6.79. The summed E-state index contributed by atoms with van der Waals surface area (Å²) in [7, 11) is 1.79. The molecule has 1 aliphatic rings. The van der Waals surface area contributed by atoms with Gasteiger partial charge in [-0.2, -0.15) is 0 Å². The van der Waals surface area contributed by atoms with Crippen LogP contribution in [-0.2, 0) is 4.74 Å². The molecule has 0 bridgehead atoms. The van der Waals surface area contributed by atoms with Gasteiger partial charge in [-0.3, -0.25) is 0 Å². The number of nitrogens with one attached hydrogen (secondary N) is 1. The van der Waals surface area contributed by atoms with E-state index in [4.69, 9.17) is 4.74 Å². The molecule has 0 aromatic carbocycles. The van der Waals surface area contributed by atoms with Gasteiger partial charge < -0.3 is 10.1 Å². The second kappa shape index (κ2) is 8.77. The van der Waals surface area contributed by atoms with Crippen LogP contribution in [0.4, 0.5) is 0 Å². The van der Waals surface area contributed by atoms with Crippen LogP contribution in [-0.4, -0.2) is 26.3 Å². The van der Waals surface area contributed by atoms with Crippen molar-refractivity contribution in [3.05, 3.63) is 11.6 Å². The predicted molar refractivity (Wildman–Crippen MR) is 69.7 cm³/mol. The van der Waals surface area contributed by atoms with Crippen molar-refractivity contribution in [1.29, 1.82) is 0 Å². The minimum atomic E-state index is 0.607. The van der Waals surface area contributed by atoms with E-state index in [-0.39, 0.29) is 0 Å². The summed E-state index contributed by atoms with van der Waals surface area (Å²) in [5.41, 5.74) is 1.65. The second-order valence-corrected chi connectivity index (χ2v) is 4.67. The fourth-order valence-electron chi connectivity index (χ4n) is 2.35. The highest BCUT2D eigenvalue weighted by Crippen LogP contribution is 2.22.